The number of hydrogen-bond donors (Lipinski definition) is 3. The number of rotatable bonds is 16. The first kappa shape index (κ1) is 101. The van der Waals surface area contributed by atoms with Crippen molar-refractivity contribution in [3.8, 4) is 0 Å². The van der Waals surface area contributed by atoms with E-state index in [0.717, 1.165) is 103 Å². The maximum Gasteiger partial charge on any atom is 0.385 e. The molecule has 5 N–H and O–H groups in total. The Bertz CT molecular complexity index is 2990. The summed E-state index contributed by atoms with van der Waals surface area (Å²) in [4.78, 5) is 87.7. The molecule has 7 aliphatic heterocycles. The van der Waals surface area contributed by atoms with Gasteiger partial charge >= 0.3 is 64.7 Å². The third-order valence-electron chi connectivity index (χ3n) is 16.8. The van der Waals surface area contributed by atoms with E-state index in [1.807, 2.05) is 55.4 Å². The van der Waals surface area contributed by atoms with Crippen LogP contribution in [0.4, 0.5) is 35.8 Å². The van der Waals surface area contributed by atoms with E-state index in [2.05, 4.69) is 98.8 Å². The number of ketones is 2. The molecule has 2 amide bonds. The van der Waals surface area contributed by atoms with Crippen LogP contribution in [-0.2, 0) is 48.3 Å². The van der Waals surface area contributed by atoms with Crippen LogP contribution in [0.5, 0.6) is 0 Å². The van der Waals surface area contributed by atoms with Crippen molar-refractivity contribution >= 4 is 147 Å². The predicted molar refractivity (Wildman–Crippen MR) is 417 cm³/mol. The summed E-state index contributed by atoms with van der Waals surface area (Å²) in [6.07, 6.45) is 18.1. The first-order valence-electron chi connectivity index (χ1n) is 34.7. The molecule has 7 fully saturated rings. The maximum absolute atomic E-state index is 12.3. The van der Waals surface area contributed by atoms with Gasteiger partial charge in [-0.3, -0.25) is 24.0 Å². The molecule has 1 aromatic heterocycles. The summed E-state index contributed by atoms with van der Waals surface area (Å²) in [5.74, 6) is -0.237. The molecule has 0 radical (unpaired) electrons. The van der Waals surface area contributed by atoms with E-state index < -0.39 is 37.4 Å². The SMILES string of the molecule is CC(C)(C)OC(=O)N1CCC(C(=O)O)CC1.CCC(=O)C1CCN(C(=O)CCC(=O)OC2C[C@H](C)O[C@@H]2CC)CC1.CCC(=O)C1CC[NH2+]CC1.CN.Cc1ccc(S(=O)(=O)[O-])cc1.F[P-](F)(F)(F)(F)F.O=[N+]([O-])c1cn([P+](N2CCCC2)(N2CCCC2)N2CCCC2)cn1.PC=S.PC=S.PC=S. The number of quaternary nitrogens is 1. The van der Waals surface area contributed by atoms with Crippen LogP contribution in [0.2, 0.25) is 0 Å². The third kappa shape index (κ3) is 41.4. The van der Waals surface area contributed by atoms with Crippen LogP contribution in [0.3, 0.4) is 0 Å². The van der Waals surface area contributed by atoms with E-state index in [9.17, 15) is 77.0 Å². The topological polar surface area (TPSA) is 327 Å². The number of carboxylic acid groups (broad SMARTS) is 1. The fourth-order valence-electron chi connectivity index (χ4n) is 12.0. The third-order valence-corrected chi connectivity index (χ3v) is 21.9. The summed E-state index contributed by atoms with van der Waals surface area (Å²) in [5, 5.41) is 26.8. The number of hydrogen-bond acceptors (Lipinski definition) is 22. The summed E-state index contributed by atoms with van der Waals surface area (Å²) >= 11 is 12.7. The van der Waals surface area contributed by atoms with Gasteiger partial charge in [-0.25, -0.2) is 13.2 Å². The van der Waals surface area contributed by atoms with E-state index in [1.54, 1.807) is 34.5 Å². The number of aryl methyl sites for hydroxylation is 1. The van der Waals surface area contributed by atoms with Crippen molar-refractivity contribution in [2.75, 3.05) is 85.6 Å². The van der Waals surface area contributed by atoms with Gasteiger partial charge in [0.2, 0.25) is 12.2 Å². The summed E-state index contributed by atoms with van der Waals surface area (Å²) in [6.45, 7) is 26.1. The van der Waals surface area contributed by atoms with E-state index >= 15 is 0 Å². The van der Waals surface area contributed by atoms with Gasteiger partial charge in [-0.1, -0.05) is 75.1 Å². The van der Waals surface area contributed by atoms with Gasteiger partial charge in [-0.15, -0.1) is 46.1 Å². The predicted octanol–water partition coefficient (Wildman–Crippen LogP) is 13.1. The Labute approximate surface area is 634 Å². The Morgan fingerprint density at radius 1 is 0.731 bits per heavy atom. The molecule has 6 atom stereocenters. The van der Waals surface area contributed by atoms with Gasteiger partial charge in [0.1, 0.15) is 39.6 Å². The second-order valence-electron chi connectivity index (χ2n) is 25.7. The molecule has 0 aliphatic carbocycles. The molecular formula is C64H113F6N10O15P5S4. The fraction of sp³-hybridized carbons (Fsp3) is 0.719. The molecule has 104 heavy (non-hydrogen) atoms. The van der Waals surface area contributed by atoms with Crippen LogP contribution in [0.15, 0.2) is 41.7 Å². The zero-order valence-electron chi connectivity index (χ0n) is 61.3. The normalized spacial score (nSPS) is 20.2. The van der Waals surface area contributed by atoms with E-state index in [4.69, 9.17) is 19.3 Å². The molecule has 9 rings (SSSR count). The average molecular weight is 1660 g/mol. The number of piperidine rings is 3. The van der Waals surface area contributed by atoms with E-state index in [-0.39, 0.29) is 82.4 Å². The number of carbonyl (C=O) groups excluding carboxylic acids is 5. The number of aliphatic carboxylic acids is 1. The van der Waals surface area contributed by atoms with Gasteiger partial charge < -0.3 is 54.8 Å². The average Bonchev–Trinajstić information content (AvgIpc) is 1.56. The summed E-state index contributed by atoms with van der Waals surface area (Å²) < 4.78 is 117. The molecule has 25 nitrogen and oxygen atoms in total. The van der Waals surface area contributed by atoms with E-state index in [1.165, 1.54) is 73.0 Å². The molecule has 8 heterocycles. The Morgan fingerprint density at radius 3 is 1.48 bits per heavy atom. The minimum Gasteiger partial charge on any atom is -0.358 e. The number of halogens is 6. The minimum atomic E-state index is -10.7. The molecule has 7 saturated heterocycles. The van der Waals surface area contributed by atoms with Gasteiger partial charge in [-0.05, 0) is 150 Å². The molecule has 0 saturated carbocycles. The monoisotopic (exact) mass is 1660 g/mol. The molecule has 7 aliphatic rings. The first-order chi connectivity index (χ1) is 48.5. The van der Waals surface area contributed by atoms with Gasteiger partial charge in [0.05, 0.1) is 42.5 Å². The number of thiocarbonyl (C=S) groups is 3. The number of benzene rings is 1. The van der Waals surface area contributed by atoms with Crippen LogP contribution in [0.25, 0.3) is 0 Å². The van der Waals surface area contributed by atoms with Crippen molar-refractivity contribution in [3.63, 3.8) is 0 Å². The molecule has 600 valence electrons. The number of nitrogens with two attached hydrogens (primary N) is 2. The zero-order chi connectivity index (χ0) is 79.7. The van der Waals surface area contributed by atoms with Crippen LogP contribution < -0.4 is 11.1 Å². The number of esters is 1. The first-order valence-corrected chi connectivity index (χ1v) is 43.1. The Morgan fingerprint density at radius 2 is 1.12 bits per heavy atom. The largest absolute Gasteiger partial charge is 0.385 e. The number of nitrogens with zero attached hydrogens (tertiary/aromatic N) is 8. The molecule has 40 heteroatoms. The smallest absolute Gasteiger partial charge is 0.358 e. The molecule has 2 aromatic rings. The second-order valence-corrected chi connectivity index (χ2v) is 35.5. The molecule has 1 aromatic carbocycles. The van der Waals surface area contributed by atoms with Crippen LogP contribution in [0.1, 0.15) is 170 Å². The van der Waals surface area contributed by atoms with Crippen LogP contribution >= 0.6 is 80.0 Å². The van der Waals surface area contributed by atoms with Crippen LogP contribution in [-0.4, -0.2) is 216 Å². The number of ether oxygens (including phenoxy) is 3. The summed E-state index contributed by atoms with van der Waals surface area (Å²) in [5.41, 5.74) is 4.93. The van der Waals surface area contributed by atoms with Gasteiger partial charge in [0.25, 0.3) is 0 Å². The molecule has 4 unspecified atom stereocenters. The number of aromatic nitrogens is 2. The number of carboxylic acids is 1. The Hall–Kier alpha value is -3.48. The zero-order valence-corrected chi connectivity index (χ0v) is 69.8. The van der Waals surface area contributed by atoms with Crippen molar-refractivity contribution < 1.29 is 96.5 Å². The number of nitro groups is 1. The number of carbonyl (C=O) groups is 6. The van der Waals surface area contributed by atoms with E-state index in [0.29, 0.717) is 57.1 Å². The Kier molecular flexibility index (Phi) is 48.0. The van der Waals surface area contributed by atoms with Crippen molar-refractivity contribution in [3.05, 3.63) is 52.5 Å². The molecule has 0 bridgehead atoms. The number of imidazole rings is 1. The van der Waals surface area contributed by atoms with Gasteiger partial charge in [0.15, 0.2) is 0 Å². The van der Waals surface area contributed by atoms with Gasteiger partial charge in [-0.2, -0.15) is 0 Å². The van der Waals surface area contributed by atoms with Gasteiger partial charge in [0, 0.05) is 116 Å². The molecular weight excluding hydrogens is 1550 g/mol. The van der Waals surface area contributed by atoms with Crippen LogP contribution in [0, 0.1) is 34.8 Å². The van der Waals surface area contributed by atoms with Crippen molar-refractivity contribution in [1.82, 2.24) is 33.1 Å². The summed E-state index contributed by atoms with van der Waals surface area (Å²) in [7, 11) is -8.58. The van der Waals surface area contributed by atoms with Crippen molar-refractivity contribution in [1.29, 1.82) is 0 Å². The standard InChI is InChI=1S/C19H31NO5.C15H26N6O2P.C11H19NO4.C8H15NO.C7H8O3S.CH5N.3CH3PS.F6P/c1-4-15(21)14-8-10-20(11-9-14)18(22)6-7-19(23)25-17-12-13(3)24-16(17)5-2;22-21(23)15-13-20(14-16-15)24(17-7-1-2-8-17,18-9-3-4-10-18)19-11-5-6-12-19;1-11(2,3)16-10(15)12-6-4-8(5-7-12)9(13)14;1-2-8(10)7-3-5-9-6-4-7;1-6-2-4-7(5-3-6)11(8,9)10;1-2;3*2-1-3;1-7(2,3,4,5)6/h13-14,16-17H,4-12H2,1-3H3;13-14H,1-12H2;8H,4-7H2,1-3H3,(H,13,14);7,9H,2-6H2,1H3;2-5H,1H3,(H,8,9,10);2H2,1H3;3*1H,2H2;/q;+1;;;;;;;;-1/t13-,16+,17?;;;;;;;;;/m0........./s1. The summed E-state index contributed by atoms with van der Waals surface area (Å²) in [6, 6.07) is 5.78. The number of amides is 2. The van der Waals surface area contributed by atoms with Crippen molar-refractivity contribution in [2.24, 2.45) is 23.5 Å². The number of likely N-dealkylation sites (tertiary alicyclic amines) is 2. The fourth-order valence-corrected chi connectivity index (χ4v) is 17.4. The molecule has 0 spiro atoms. The minimum absolute atomic E-state index is 0.0255. The second kappa shape index (κ2) is 49.6. The maximum atomic E-state index is 12.3. The van der Waals surface area contributed by atoms with Crippen molar-refractivity contribution in [2.45, 2.75) is 200 Å². The number of Topliss-reactive ketones (excluding diaryl/α,β-unsaturated/α-hetero) is 2. The Balaban J connectivity index is 0.00000124. The quantitative estimate of drug-likeness (QED) is 0.0267.